The Labute approximate surface area is 208 Å². The van der Waals surface area contributed by atoms with Crippen molar-refractivity contribution in [3.8, 4) is 5.75 Å². The molecule has 1 aliphatic heterocycles. The second kappa shape index (κ2) is 10.5. The molecule has 188 valence electrons. The fourth-order valence-electron chi connectivity index (χ4n) is 5.30. The van der Waals surface area contributed by atoms with Crippen molar-refractivity contribution in [1.29, 1.82) is 0 Å². The summed E-state index contributed by atoms with van der Waals surface area (Å²) < 4.78 is 23.8. The van der Waals surface area contributed by atoms with Crippen molar-refractivity contribution in [3.05, 3.63) is 101 Å². The number of rotatable bonds is 8. The van der Waals surface area contributed by atoms with Gasteiger partial charge in [0.05, 0.1) is 7.11 Å². The third-order valence-electron chi connectivity index (χ3n) is 7.17. The van der Waals surface area contributed by atoms with Crippen LogP contribution in [0.1, 0.15) is 35.6 Å². The molecule has 3 atom stereocenters. The van der Waals surface area contributed by atoms with E-state index in [0.29, 0.717) is 28.9 Å². The van der Waals surface area contributed by atoms with E-state index in [1.165, 1.54) is 13.2 Å². The molecule has 1 amide bonds. The van der Waals surface area contributed by atoms with E-state index >= 15 is 0 Å². The maximum absolute atomic E-state index is 13.9. The SMILES string of the molecule is COC(=O)[C@]1(CO)CC[C@H](c2ccc(OCc3ccccc3F)cc2)[N+]1(Cc1ccccc1)C(=O)[O-]. The van der Waals surface area contributed by atoms with Crippen molar-refractivity contribution in [1.82, 2.24) is 0 Å². The van der Waals surface area contributed by atoms with Gasteiger partial charge in [-0.05, 0) is 30.3 Å². The zero-order valence-corrected chi connectivity index (χ0v) is 19.9. The third-order valence-corrected chi connectivity index (χ3v) is 7.17. The Hall–Kier alpha value is -3.75. The van der Waals surface area contributed by atoms with Gasteiger partial charge in [0.1, 0.15) is 37.4 Å². The van der Waals surface area contributed by atoms with Gasteiger partial charge in [-0.15, -0.1) is 0 Å². The van der Waals surface area contributed by atoms with Crippen molar-refractivity contribution in [2.75, 3.05) is 13.7 Å². The number of amides is 1. The highest BCUT2D eigenvalue weighted by Gasteiger charge is 2.67. The van der Waals surface area contributed by atoms with Crippen LogP contribution in [-0.2, 0) is 22.7 Å². The smallest absolute Gasteiger partial charge is 0.370 e. The number of nitrogens with zero attached hydrogens (tertiary/aromatic N) is 1. The monoisotopic (exact) mass is 493 g/mol. The Bertz CT molecular complexity index is 1220. The number of hydrogen-bond donors (Lipinski definition) is 1. The topological polar surface area (TPSA) is 95.9 Å². The highest BCUT2D eigenvalue weighted by Crippen LogP contribution is 2.51. The van der Waals surface area contributed by atoms with Crippen LogP contribution in [0.4, 0.5) is 9.18 Å². The van der Waals surface area contributed by atoms with Gasteiger partial charge in [-0.1, -0.05) is 48.5 Å². The van der Waals surface area contributed by atoms with Crippen LogP contribution >= 0.6 is 0 Å². The lowest BCUT2D eigenvalue weighted by atomic mass is 9.93. The summed E-state index contributed by atoms with van der Waals surface area (Å²) in [5.41, 5.74) is 0.0140. The van der Waals surface area contributed by atoms with E-state index in [4.69, 9.17) is 9.47 Å². The Balaban J connectivity index is 1.70. The number of carbonyl (C=O) groups excluding carboxylic acids is 2. The average Bonchev–Trinajstić information content (AvgIpc) is 3.24. The first-order valence-corrected chi connectivity index (χ1v) is 11.7. The first-order chi connectivity index (χ1) is 17.4. The van der Waals surface area contributed by atoms with E-state index in [1.807, 2.05) is 6.07 Å². The van der Waals surface area contributed by atoms with Gasteiger partial charge in [0, 0.05) is 29.5 Å². The van der Waals surface area contributed by atoms with Gasteiger partial charge in [0.2, 0.25) is 5.54 Å². The zero-order chi connectivity index (χ0) is 25.8. The summed E-state index contributed by atoms with van der Waals surface area (Å²) in [6.07, 6.45) is -1.06. The van der Waals surface area contributed by atoms with Crippen LogP contribution < -0.4 is 9.84 Å². The molecule has 7 nitrogen and oxygen atoms in total. The van der Waals surface area contributed by atoms with Gasteiger partial charge >= 0.3 is 5.97 Å². The molecule has 1 N–H and O–H groups in total. The van der Waals surface area contributed by atoms with Gasteiger partial charge < -0.3 is 24.5 Å². The fourth-order valence-corrected chi connectivity index (χ4v) is 5.30. The predicted octanol–water partition coefficient (Wildman–Crippen LogP) is 3.50. The standard InChI is InChI=1S/C28H28FNO6/c1-35-26(32)28(19-31)16-15-25(30(28,27(33)34)17-20-7-3-2-4-8-20)21-11-13-23(14-12-21)36-18-22-9-5-6-10-24(22)29/h2-14,25,31H,15-19H2,1H3/t25-,28-,30?/m1/s1. The number of quaternary nitrogens is 1. The van der Waals surface area contributed by atoms with E-state index in [1.54, 1.807) is 66.7 Å². The molecule has 0 spiro atoms. The van der Waals surface area contributed by atoms with Crippen molar-refractivity contribution in [2.24, 2.45) is 0 Å². The second-order valence-corrected chi connectivity index (χ2v) is 8.96. The van der Waals surface area contributed by atoms with Gasteiger partial charge in [-0.25, -0.2) is 13.7 Å². The number of benzene rings is 3. The molecule has 1 heterocycles. The molecule has 36 heavy (non-hydrogen) atoms. The van der Waals surface area contributed by atoms with E-state index in [0.717, 1.165) is 0 Å². The maximum atomic E-state index is 13.9. The van der Waals surface area contributed by atoms with Gasteiger partial charge in [-0.3, -0.25) is 0 Å². The molecule has 3 aromatic carbocycles. The number of likely N-dealkylation sites (tertiary alicyclic amines) is 1. The molecule has 1 aliphatic rings. The Kier molecular flexibility index (Phi) is 7.37. The van der Waals surface area contributed by atoms with E-state index in [9.17, 15) is 24.2 Å². The van der Waals surface area contributed by atoms with Crippen LogP contribution in [0.15, 0.2) is 78.9 Å². The number of aliphatic hydroxyl groups is 1. The van der Waals surface area contributed by atoms with Crippen molar-refractivity contribution in [3.63, 3.8) is 0 Å². The van der Waals surface area contributed by atoms with E-state index < -0.39 is 34.7 Å². The summed E-state index contributed by atoms with van der Waals surface area (Å²) >= 11 is 0. The quantitative estimate of drug-likeness (QED) is 0.381. The first kappa shape index (κ1) is 25.3. The van der Waals surface area contributed by atoms with Gasteiger partial charge in [0.25, 0.3) is 6.09 Å². The van der Waals surface area contributed by atoms with Crippen LogP contribution in [0.25, 0.3) is 0 Å². The molecule has 1 saturated heterocycles. The lowest BCUT2D eigenvalue weighted by Gasteiger charge is -2.48. The lowest BCUT2D eigenvalue weighted by Crippen LogP contribution is -2.72. The zero-order valence-electron chi connectivity index (χ0n) is 19.9. The summed E-state index contributed by atoms with van der Waals surface area (Å²) in [6, 6.07) is 21.4. The van der Waals surface area contributed by atoms with Crippen LogP contribution in [-0.4, -0.2) is 40.9 Å². The first-order valence-electron chi connectivity index (χ1n) is 11.7. The molecule has 0 bridgehead atoms. The van der Waals surface area contributed by atoms with Crippen LogP contribution in [0.5, 0.6) is 5.75 Å². The van der Waals surface area contributed by atoms with Crippen LogP contribution in [0.3, 0.4) is 0 Å². The number of ether oxygens (including phenoxy) is 2. The molecular formula is C28H28FNO6. The van der Waals surface area contributed by atoms with Gasteiger partial charge in [0.15, 0.2) is 0 Å². The summed E-state index contributed by atoms with van der Waals surface area (Å²) in [5.74, 6) is -0.673. The molecule has 4 rings (SSSR count). The summed E-state index contributed by atoms with van der Waals surface area (Å²) in [6.45, 7) is -0.742. The Morgan fingerprint density at radius 1 is 1.06 bits per heavy atom. The highest BCUT2D eigenvalue weighted by molar-refractivity contribution is 5.82. The maximum Gasteiger partial charge on any atom is 0.370 e. The summed E-state index contributed by atoms with van der Waals surface area (Å²) in [5, 5.41) is 23.4. The largest absolute Gasteiger partial charge is 0.498 e. The molecule has 1 unspecified atom stereocenters. The molecule has 1 fully saturated rings. The number of hydrogen-bond acceptors (Lipinski definition) is 6. The molecule has 0 aromatic heterocycles. The second-order valence-electron chi connectivity index (χ2n) is 8.96. The van der Waals surface area contributed by atoms with E-state index in [-0.39, 0.29) is 25.4 Å². The summed E-state index contributed by atoms with van der Waals surface area (Å²) in [4.78, 5) is 26.0. The minimum absolute atomic E-state index is 0.0401. The number of halogens is 1. The minimum atomic E-state index is -1.73. The van der Waals surface area contributed by atoms with Crippen LogP contribution in [0, 0.1) is 5.82 Å². The molecule has 0 aliphatic carbocycles. The minimum Gasteiger partial charge on any atom is -0.498 e. The van der Waals surface area contributed by atoms with E-state index in [2.05, 4.69) is 0 Å². The van der Waals surface area contributed by atoms with Crippen LogP contribution in [0.2, 0.25) is 0 Å². The number of methoxy groups -OCH3 is 1. The third kappa shape index (κ3) is 4.34. The number of aliphatic hydroxyl groups excluding tert-OH is 1. The highest BCUT2D eigenvalue weighted by atomic mass is 19.1. The number of carboxylic acid groups (broad SMARTS) is 1. The molecular weight excluding hydrogens is 465 g/mol. The predicted molar refractivity (Wildman–Crippen MR) is 127 cm³/mol. The van der Waals surface area contributed by atoms with Crippen molar-refractivity contribution in [2.45, 2.75) is 37.6 Å². The molecule has 0 radical (unpaired) electrons. The molecule has 8 heteroatoms. The fraction of sp³-hybridized carbons (Fsp3) is 0.286. The Morgan fingerprint density at radius 2 is 1.72 bits per heavy atom. The lowest BCUT2D eigenvalue weighted by molar-refractivity contribution is -0.942. The van der Waals surface area contributed by atoms with Gasteiger partial charge in [-0.2, -0.15) is 0 Å². The number of carbonyl (C=O) groups is 2. The normalized spacial score (nSPS) is 23.2. The van der Waals surface area contributed by atoms with Crippen molar-refractivity contribution >= 4 is 12.1 Å². The summed E-state index contributed by atoms with van der Waals surface area (Å²) in [7, 11) is 1.18. The molecule has 3 aromatic rings. The Morgan fingerprint density at radius 3 is 2.33 bits per heavy atom. The average molecular weight is 494 g/mol. The van der Waals surface area contributed by atoms with Crippen molar-refractivity contribution < 1.29 is 38.1 Å². The molecule has 0 saturated carbocycles. The number of esters is 1.